The van der Waals surface area contributed by atoms with Crippen molar-refractivity contribution in [3.05, 3.63) is 0 Å². The molecule has 2 rings (SSSR count). The Labute approximate surface area is 155 Å². The minimum atomic E-state index is -0.969. The van der Waals surface area contributed by atoms with Crippen LogP contribution in [0.2, 0.25) is 0 Å². The van der Waals surface area contributed by atoms with Crippen molar-refractivity contribution in [1.82, 2.24) is 10.6 Å². The summed E-state index contributed by atoms with van der Waals surface area (Å²) in [5, 5.41) is 15.1. The SMILES string of the molecule is COCC(C)(CC(=O)O)NC(=O)C1CCC(NC(=O)C2CCCC2)CC1. The van der Waals surface area contributed by atoms with Gasteiger partial charge in [0.15, 0.2) is 0 Å². The van der Waals surface area contributed by atoms with Crippen LogP contribution in [0.5, 0.6) is 0 Å². The van der Waals surface area contributed by atoms with Crippen molar-refractivity contribution in [1.29, 1.82) is 0 Å². The maximum absolute atomic E-state index is 12.6. The van der Waals surface area contributed by atoms with E-state index in [1.807, 2.05) is 0 Å². The molecule has 2 aliphatic carbocycles. The predicted molar refractivity (Wildman–Crippen MR) is 96.5 cm³/mol. The minimum Gasteiger partial charge on any atom is -0.481 e. The van der Waals surface area contributed by atoms with E-state index in [0.29, 0.717) is 12.8 Å². The molecular formula is C19H32N2O5. The van der Waals surface area contributed by atoms with Crippen molar-refractivity contribution in [2.24, 2.45) is 11.8 Å². The zero-order chi connectivity index (χ0) is 19.2. The number of carboxylic acid groups (broad SMARTS) is 1. The fourth-order valence-corrected chi connectivity index (χ4v) is 4.19. The lowest BCUT2D eigenvalue weighted by molar-refractivity contribution is -0.140. The summed E-state index contributed by atoms with van der Waals surface area (Å²) in [6.45, 7) is 1.84. The average Bonchev–Trinajstić information content (AvgIpc) is 3.09. The van der Waals surface area contributed by atoms with Crippen molar-refractivity contribution >= 4 is 17.8 Å². The lowest BCUT2D eigenvalue weighted by Gasteiger charge is -2.33. The van der Waals surface area contributed by atoms with E-state index < -0.39 is 11.5 Å². The third-order valence-electron chi connectivity index (χ3n) is 5.60. The van der Waals surface area contributed by atoms with Gasteiger partial charge in [-0.2, -0.15) is 0 Å². The van der Waals surface area contributed by atoms with Crippen LogP contribution in [0, 0.1) is 11.8 Å². The van der Waals surface area contributed by atoms with Gasteiger partial charge in [-0.1, -0.05) is 12.8 Å². The van der Waals surface area contributed by atoms with Crippen LogP contribution in [0.1, 0.15) is 64.7 Å². The van der Waals surface area contributed by atoms with E-state index >= 15 is 0 Å². The molecule has 2 saturated carbocycles. The predicted octanol–water partition coefficient (Wildman–Crippen LogP) is 1.85. The Morgan fingerprint density at radius 2 is 1.58 bits per heavy atom. The average molecular weight is 368 g/mol. The normalized spacial score (nSPS) is 26.1. The van der Waals surface area contributed by atoms with E-state index in [-0.39, 0.29) is 42.7 Å². The summed E-state index contributed by atoms with van der Waals surface area (Å²) in [6, 6.07) is 0.150. The molecule has 0 radical (unpaired) electrons. The van der Waals surface area contributed by atoms with Crippen LogP contribution >= 0.6 is 0 Å². The van der Waals surface area contributed by atoms with Crippen molar-refractivity contribution in [2.75, 3.05) is 13.7 Å². The number of carboxylic acids is 1. The lowest BCUT2D eigenvalue weighted by Crippen LogP contribution is -2.53. The fraction of sp³-hybridized carbons (Fsp3) is 0.842. The second-order valence-corrected chi connectivity index (χ2v) is 8.09. The van der Waals surface area contributed by atoms with E-state index in [0.717, 1.165) is 38.5 Å². The number of hydrogen-bond donors (Lipinski definition) is 3. The molecule has 0 bridgehead atoms. The number of nitrogens with one attached hydrogen (secondary N) is 2. The maximum atomic E-state index is 12.6. The van der Waals surface area contributed by atoms with Crippen molar-refractivity contribution in [3.63, 3.8) is 0 Å². The Bertz CT molecular complexity index is 510. The maximum Gasteiger partial charge on any atom is 0.305 e. The smallest absolute Gasteiger partial charge is 0.305 e. The molecule has 0 saturated heterocycles. The quantitative estimate of drug-likeness (QED) is 0.606. The van der Waals surface area contributed by atoms with Gasteiger partial charge >= 0.3 is 5.97 Å². The number of rotatable bonds is 8. The van der Waals surface area contributed by atoms with E-state index in [4.69, 9.17) is 9.84 Å². The molecule has 2 fully saturated rings. The molecule has 7 heteroatoms. The molecule has 3 N–H and O–H groups in total. The van der Waals surface area contributed by atoms with E-state index in [1.165, 1.54) is 7.11 Å². The number of amides is 2. The Morgan fingerprint density at radius 1 is 1.00 bits per heavy atom. The number of carbonyl (C=O) groups excluding carboxylic acids is 2. The first-order chi connectivity index (χ1) is 12.3. The molecule has 0 aromatic carbocycles. The van der Waals surface area contributed by atoms with Crippen LogP contribution in [-0.4, -0.2) is 48.2 Å². The number of aliphatic carboxylic acids is 1. The van der Waals surface area contributed by atoms with Crippen molar-refractivity contribution in [3.8, 4) is 0 Å². The van der Waals surface area contributed by atoms with Crippen molar-refractivity contribution < 1.29 is 24.2 Å². The van der Waals surface area contributed by atoms with Crippen LogP contribution in [0.15, 0.2) is 0 Å². The summed E-state index contributed by atoms with van der Waals surface area (Å²) in [6.07, 6.45) is 7.07. The highest BCUT2D eigenvalue weighted by Crippen LogP contribution is 2.28. The standard InChI is InChI=1S/C19H32N2O5/c1-19(12-26-2,11-16(22)23)21-18(25)14-7-9-15(10-8-14)20-17(24)13-5-3-4-6-13/h13-15H,3-12H2,1-2H3,(H,20,24)(H,21,25)(H,22,23). The number of carbonyl (C=O) groups is 3. The molecule has 1 unspecified atom stereocenters. The molecule has 148 valence electrons. The molecule has 0 aliphatic heterocycles. The topological polar surface area (TPSA) is 105 Å². The number of ether oxygens (including phenoxy) is 1. The zero-order valence-corrected chi connectivity index (χ0v) is 15.9. The van der Waals surface area contributed by atoms with Gasteiger partial charge in [-0.25, -0.2) is 0 Å². The third-order valence-corrected chi connectivity index (χ3v) is 5.60. The molecule has 0 aromatic rings. The number of hydrogen-bond acceptors (Lipinski definition) is 4. The Hall–Kier alpha value is -1.63. The summed E-state index contributed by atoms with van der Waals surface area (Å²) in [4.78, 5) is 35.8. The summed E-state index contributed by atoms with van der Waals surface area (Å²) in [5.74, 6) is -0.888. The second kappa shape index (κ2) is 9.35. The zero-order valence-electron chi connectivity index (χ0n) is 15.9. The van der Waals surface area contributed by atoms with Crippen LogP contribution in [0.25, 0.3) is 0 Å². The van der Waals surface area contributed by atoms with Gasteiger partial charge in [-0.3, -0.25) is 14.4 Å². The monoisotopic (exact) mass is 368 g/mol. The minimum absolute atomic E-state index is 0.119. The molecular weight excluding hydrogens is 336 g/mol. The van der Waals surface area contributed by atoms with Crippen molar-refractivity contribution in [2.45, 2.75) is 76.3 Å². The molecule has 0 heterocycles. The summed E-state index contributed by atoms with van der Waals surface area (Å²) in [7, 11) is 1.49. The molecule has 0 spiro atoms. The van der Waals surface area contributed by atoms with Gasteiger partial charge in [0.05, 0.1) is 18.6 Å². The Balaban J connectivity index is 1.79. The fourth-order valence-electron chi connectivity index (χ4n) is 4.19. The lowest BCUT2D eigenvalue weighted by atomic mass is 9.84. The van der Waals surface area contributed by atoms with Gasteiger partial charge in [0, 0.05) is 25.0 Å². The second-order valence-electron chi connectivity index (χ2n) is 8.09. The van der Waals surface area contributed by atoms with Gasteiger partial charge in [0.25, 0.3) is 0 Å². The first-order valence-corrected chi connectivity index (χ1v) is 9.66. The molecule has 26 heavy (non-hydrogen) atoms. The largest absolute Gasteiger partial charge is 0.481 e. The van der Waals surface area contributed by atoms with Gasteiger partial charge in [0.2, 0.25) is 11.8 Å². The molecule has 0 aromatic heterocycles. The molecule has 7 nitrogen and oxygen atoms in total. The Kier molecular flexibility index (Phi) is 7.43. The molecule has 2 amide bonds. The summed E-state index contributed by atoms with van der Waals surface area (Å²) >= 11 is 0. The third kappa shape index (κ3) is 5.97. The van der Waals surface area contributed by atoms with Gasteiger partial charge < -0.3 is 20.5 Å². The molecule has 2 aliphatic rings. The van der Waals surface area contributed by atoms with Crippen LogP contribution in [0.4, 0.5) is 0 Å². The summed E-state index contributed by atoms with van der Waals surface area (Å²) in [5.41, 5.74) is -0.912. The first-order valence-electron chi connectivity index (χ1n) is 9.66. The van der Waals surface area contributed by atoms with Crippen LogP contribution in [0.3, 0.4) is 0 Å². The number of methoxy groups -OCH3 is 1. The first kappa shape index (κ1) is 20.7. The van der Waals surface area contributed by atoms with Crippen LogP contribution < -0.4 is 10.6 Å². The van der Waals surface area contributed by atoms with E-state index in [9.17, 15) is 14.4 Å². The van der Waals surface area contributed by atoms with E-state index in [2.05, 4.69) is 10.6 Å². The Morgan fingerprint density at radius 3 is 2.12 bits per heavy atom. The van der Waals surface area contributed by atoms with E-state index in [1.54, 1.807) is 6.92 Å². The van der Waals surface area contributed by atoms with Gasteiger partial charge in [-0.15, -0.1) is 0 Å². The molecule has 1 atom stereocenters. The summed E-state index contributed by atoms with van der Waals surface area (Å²) < 4.78 is 5.08. The van der Waals surface area contributed by atoms with Gasteiger partial charge in [0.1, 0.15) is 0 Å². The highest BCUT2D eigenvalue weighted by Gasteiger charge is 2.34. The highest BCUT2D eigenvalue weighted by atomic mass is 16.5. The van der Waals surface area contributed by atoms with Gasteiger partial charge in [-0.05, 0) is 45.4 Å². The van der Waals surface area contributed by atoms with Crippen LogP contribution in [-0.2, 0) is 19.1 Å². The highest BCUT2D eigenvalue weighted by molar-refractivity contribution is 5.81.